The van der Waals surface area contributed by atoms with Crippen molar-refractivity contribution in [3.05, 3.63) is 51.5 Å². The van der Waals surface area contributed by atoms with Gasteiger partial charge in [0.2, 0.25) is 0 Å². The molecule has 0 unspecified atom stereocenters. The van der Waals surface area contributed by atoms with E-state index in [1.54, 1.807) is 23.5 Å². The summed E-state index contributed by atoms with van der Waals surface area (Å²) in [4.78, 5) is 14.3. The maximum atomic E-state index is 12.9. The van der Waals surface area contributed by atoms with Crippen LogP contribution in [0.25, 0.3) is 0 Å². The zero-order valence-corrected chi connectivity index (χ0v) is 14.7. The van der Waals surface area contributed by atoms with Gasteiger partial charge in [0.25, 0.3) is 5.91 Å². The van der Waals surface area contributed by atoms with Gasteiger partial charge in [-0.05, 0) is 73.8 Å². The number of nitrogens with one attached hydrogen (secondary N) is 3. The van der Waals surface area contributed by atoms with Crippen LogP contribution in [0, 0.1) is 5.82 Å². The first-order chi connectivity index (χ1) is 11.6. The molecule has 0 spiro atoms. The normalized spacial score (nSPS) is 13.5. The number of amides is 1. The topological polar surface area (TPSA) is 53.2 Å². The van der Waals surface area contributed by atoms with Gasteiger partial charge in [0.05, 0.1) is 4.88 Å². The second-order valence-corrected chi connectivity index (χ2v) is 7.20. The number of anilines is 1. The van der Waals surface area contributed by atoms with Crippen molar-refractivity contribution in [2.75, 3.05) is 5.32 Å². The van der Waals surface area contributed by atoms with Gasteiger partial charge >= 0.3 is 0 Å². The molecule has 3 N–H and O–H groups in total. The lowest BCUT2D eigenvalue weighted by Crippen LogP contribution is -2.43. The van der Waals surface area contributed by atoms with Crippen molar-refractivity contribution in [1.82, 2.24) is 10.9 Å². The number of halogens is 1. The van der Waals surface area contributed by atoms with Crippen LogP contribution in [0.5, 0.6) is 0 Å². The molecule has 2 aromatic rings. The number of carbonyl (C=O) groups is 1. The number of carbonyl (C=O) groups excluding carboxylic acids is 1. The van der Waals surface area contributed by atoms with Gasteiger partial charge < -0.3 is 5.32 Å². The summed E-state index contributed by atoms with van der Waals surface area (Å²) in [5, 5.41) is 3.12. The van der Waals surface area contributed by atoms with Crippen molar-refractivity contribution >= 4 is 40.3 Å². The van der Waals surface area contributed by atoms with Crippen LogP contribution in [-0.2, 0) is 12.8 Å². The molecule has 0 saturated heterocycles. The molecule has 0 bridgehead atoms. The van der Waals surface area contributed by atoms with Crippen LogP contribution in [0.2, 0.25) is 0 Å². The number of thiophene rings is 1. The molecule has 24 heavy (non-hydrogen) atoms. The predicted octanol–water partition coefficient (Wildman–Crippen LogP) is 3.79. The number of hydrogen-bond donors (Lipinski definition) is 3. The third kappa shape index (κ3) is 4.30. The van der Waals surface area contributed by atoms with Crippen molar-refractivity contribution in [3.8, 4) is 0 Å². The Morgan fingerprint density at radius 2 is 1.83 bits per heavy atom. The number of benzene rings is 1. The van der Waals surface area contributed by atoms with E-state index in [0.29, 0.717) is 10.6 Å². The molecule has 1 aliphatic rings. The minimum atomic E-state index is -0.315. The molecule has 7 heteroatoms. The summed E-state index contributed by atoms with van der Waals surface area (Å²) in [6.45, 7) is 0. The van der Waals surface area contributed by atoms with Gasteiger partial charge in [-0.15, -0.1) is 11.3 Å². The molecule has 1 aromatic carbocycles. The lowest BCUT2D eigenvalue weighted by atomic mass is 10.1. The van der Waals surface area contributed by atoms with Crippen LogP contribution in [0.15, 0.2) is 30.3 Å². The minimum Gasteiger partial charge on any atom is -0.331 e. The summed E-state index contributed by atoms with van der Waals surface area (Å²) in [5.74, 6) is -0.512. The van der Waals surface area contributed by atoms with Gasteiger partial charge in [0.15, 0.2) is 5.11 Å². The summed E-state index contributed by atoms with van der Waals surface area (Å²) < 4.78 is 12.9. The van der Waals surface area contributed by atoms with Crippen molar-refractivity contribution in [2.24, 2.45) is 0 Å². The molecule has 1 amide bonds. The van der Waals surface area contributed by atoms with Crippen LogP contribution in [-0.4, -0.2) is 11.0 Å². The quantitative estimate of drug-likeness (QED) is 0.432. The van der Waals surface area contributed by atoms with Gasteiger partial charge in [-0.3, -0.25) is 15.6 Å². The van der Waals surface area contributed by atoms with E-state index < -0.39 is 0 Å². The third-order valence-corrected chi connectivity index (χ3v) is 5.30. The number of hydrogen-bond acceptors (Lipinski definition) is 3. The smallest absolute Gasteiger partial charge is 0.279 e. The maximum Gasteiger partial charge on any atom is 0.279 e. The first kappa shape index (κ1) is 16.9. The van der Waals surface area contributed by atoms with E-state index in [2.05, 4.69) is 16.2 Å². The fraction of sp³-hybridized carbons (Fsp3) is 0.294. The fourth-order valence-electron chi connectivity index (χ4n) is 2.65. The number of hydrazine groups is 1. The van der Waals surface area contributed by atoms with Crippen molar-refractivity contribution in [2.45, 2.75) is 32.1 Å². The molecule has 0 radical (unpaired) electrons. The Bertz CT molecular complexity index is 719. The molecule has 0 aliphatic heterocycles. The average Bonchev–Trinajstić information content (AvgIpc) is 2.86. The zero-order valence-electron chi connectivity index (χ0n) is 13.0. The molecule has 126 valence electrons. The third-order valence-electron chi connectivity index (χ3n) is 3.86. The molecule has 0 atom stereocenters. The number of fused-ring (bicyclic) bond motifs is 1. The summed E-state index contributed by atoms with van der Waals surface area (Å²) >= 11 is 6.67. The highest BCUT2D eigenvalue weighted by molar-refractivity contribution is 7.80. The van der Waals surface area contributed by atoms with E-state index in [-0.39, 0.29) is 16.8 Å². The van der Waals surface area contributed by atoms with Crippen LogP contribution >= 0.6 is 23.6 Å². The highest BCUT2D eigenvalue weighted by Crippen LogP contribution is 2.28. The largest absolute Gasteiger partial charge is 0.331 e. The standard InChI is InChI=1S/C17H18FN3OS2/c18-12-6-8-13(9-7-12)19-17(23)21-20-16(22)15-10-11-4-2-1-3-5-14(11)24-15/h6-10H,1-5H2,(H,20,22)(H2,19,21,23). The molecule has 3 rings (SSSR count). The molecule has 0 saturated carbocycles. The molecule has 4 nitrogen and oxygen atoms in total. The highest BCUT2D eigenvalue weighted by Gasteiger charge is 2.16. The van der Waals surface area contributed by atoms with Crippen LogP contribution in [0.4, 0.5) is 10.1 Å². The SMILES string of the molecule is O=C(NNC(=S)Nc1ccc(F)cc1)c1cc2c(s1)CCCCC2. The number of aryl methyl sites for hydroxylation is 2. The van der Waals surface area contributed by atoms with Crippen LogP contribution in [0.3, 0.4) is 0 Å². The highest BCUT2D eigenvalue weighted by atomic mass is 32.1. The van der Waals surface area contributed by atoms with Crippen molar-refractivity contribution in [1.29, 1.82) is 0 Å². The van der Waals surface area contributed by atoms with Gasteiger partial charge in [-0.1, -0.05) is 6.42 Å². The van der Waals surface area contributed by atoms with E-state index >= 15 is 0 Å². The van der Waals surface area contributed by atoms with E-state index in [1.165, 1.54) is 41.8 Å². The first-order valence-electron chi connectivity index (χ1n) is 7.86. The minimum absolute atomic E-state index is 0.198. The molecular weight excluding hydrogens is 345 g/mol. The molecule has 1 aromatic heterocycles. The second kappa shape index (κ2) is 7.72. The van der Waals surface area contributed by atoms with Gasteiger partial charge in [-0.25, -0.2) is 4.39 Å². The molecular formula is C17H18FN3OS2. The Balaban J connectivity index is 1.53. The van der Waals surface area contributed by atoms with E-state index in [1.807, 2.05) is 6.07 Å². The predicted molar refractivity (Wildman–Crippen MR) is 98.8 cm³/mol. The Labute approximate surface area is 149 Å². The van der Waals surface area contributed by atoms with Crippen LogP contribution < -0.4 is 16.2 Å². The summed E-state index contributed by atoms with van der Waals surface area (Å²) in [5.41, 5.74) is 7.21. The summed E-state index contributed by atoms with van der Waals surface area (Å²) in [7, 11) is 0. The molecule has 1 aliphatic carbocycles. The van der Waals surface area contributed by atoms with Crippen molar-refractivity contribution < 1.29 is 9.18 Å². The van der Waals surface area contributed by atoms with Crippen molar-refractivity contribution in [3.63, 3.8) is 0 Å². The monoisotopic (exact) mass is 363 g/mol. The van der Waals surface area contributed by atoms with E-state index in [4.69, 9.17) is 12.2 Å². The average molecular weight is 363 g/mol. The Kier molecular flexibility index (Phi) is 5.42. The molecule has 0 fully saturated rings. The van der Waals surface area contributed by atoms with Gasteiger partial charge in [0, 0.05) is 10.6 Å². The Morgan fingerprint density at radius 3 is 2.62 bits per heavy atom. The first-order valence-corrected chi connectivity index (χ1v) is 9.09. The van der Waals surface area contributed by atoms with E-state index in [0.717, 1.165) is 12.8 Å². The number of rotatable bonds is 2. The maximum absolute atomic E-state index is 12.9. The Morgan fingerprint density at radius 1 is 1.08 bits per heavy atom. The van der Waals surface area contributed by atoms with E-state index in [9.17, 15) is 9.18 Å². The summed E-state index contributed by atoms with van der Waals surface area (Å²) in [6.07, 6.45) is 5.75. The van der Waals surface area contributed by atoms with Crippen LogP contribution in [0.1, 0.15) is 39.4 Å². The van der Waals surface area contributed by atoms with Gasteiger partial charge in [0.1, 0.15) is 5.82 Å². The summed E-state index contributed by atoms with van der Waals surface area (Å²) in [6, 6.07) is 7.80. The Hall–Kier alpha value is -1.99. The lowest BCUT2D eigenvalue weighted by Gasteiger charge is -2.11. The lowest BCUT2D eigenvalue weighted by molar-refractivity contribution is 0.0948. The fourth-order valence-corrected chi connectivity index (χ4v) is 3.97. The zero-order chi connectivity index (χ0) is 16.9. The van der Waals surface area contributed by atoms with Gasteiger partial charge in [-0.2, -0.15) is 0 Å². The molecule has 1 heterocycles. The number of thiocarbonyl (C=S) groups is 1. The second-order valence-electron chi connectivity index (χ2n) is 5.66.